The van der Waals surface area contributed by atoms with Gasteiger partial charge in [-0.25, -0.2) is 22.9 Å². The smallest absolute Gasteiger partial charge is 0.272 e. The van der Waals surface area contributed by atoms with E-state index in [-0.39, 0.29) is 10.5 Å². The monoisotopic (exact) mass is 442 g/mol. The van der Waals surface area contributed by atoms with Gasteiger partial charge < -0.3 is 5.32 Å². The Hall–Kier alpha value is -3.15. The van der Waals surface area contributed by atoms with Crippen molar-refractivity contribution in [3.8, 4) is 0 Å². The minimum absolute atomic E-state index is 0.0379. The normalized spacial score (nSPS) is 17.4. The van der Waals surface area contributed by atoms with Crippen LogP contribution in [0, 0.1) is 5.82 Å². The minimum atomic E-state index is -3.73. The molecule has 0 atom stereocenters. The highest BCUT2D eigenvalue weighted by atomic mass is 32.2. The van der Waals surface area contributed by atoms with Crippen molar-refractivity contribution in [2.45, 2.75) is 4.90 Å². The lowest BCUT2D eigenvalue weighted by molar-refractivity contribution is 0.209. The van der Waals surface area contributed by atoms with Crippen molar-refractivity contribution in [2.75, 3.05) is 38.0 Å². The van der Waals surface area contributed by atoms with Crippen LogP contribution in [0.4, 0.5) is 15.9 Å². The van der Waals surface area contributed by atoms with E-state index in [0.29, 0.717) is 60.8 Å². The zero-order valence-electron chi connectivity index (χ0n) is 16.4. The van der Waals surface area contributed by atoms with E-state index >= 15 is 0 Å². The number of halogens is 1. The Morgan fingerprint density at radius 2 is 1.84 bits per heavy atom. The van der Waals surface area contributed by atoms with E-state index in [1.54, 1.807) is 12.1 Å². The molecule has 2 aliphatic rings. The SMILES string of the molecule is O=c1[nH]nc2c3c(cccc13)N=C(CN1CCN(S(=O)(=O)c3cccc(F)c3)CC1)N2. The molecule has 3 aromatic rings. The molecule has 0 saturated carbocycles. The third-order valence-corrected chi connectivity index (χ3v) is 7.34. The first-order valence-electron chi connectivity index (χ1n) is 9.76. The van der Waals surface area contributed by atoms with Crippen molar-refractivity contribution in [3.63, 3.8) is 0 Å². The van der Waals surface area contributed by atoms with Gasteiger partial charge >= 0.3 is 0 Å². The molecule has 1 saturated heterocycles. The number of sulfonamides is 1. The largest absolute Gasteiger partial charge is 0.325 e. The number of piperazine rings is 1. The summed E-state index contributed by atoms with van der Waals surface area (Å²) in [4.78, 5) is 18.6. The Morgan fingerprint density at radius 1 is 1.06 bits per heavy atom. The number of nitrogens with one attached hydrogen (secondary N) is 2. The second-order valence-corrected chi connectivity index (χ2v) is 9.36. The molecule has 31 heavy (non-hydrogen) atoms. The topological polar surface area (TPSA) is 111 Å². The molecular formula is C20H19FN6O3S. The van der Waals surface area contributed by atoms with Gasteiger partial charge in [0.2, 0.25) is 10.0 Å². The molecule has 11 heteroatoms. The van der Waals surface area contributed by atoms with Crippen molar-refractivity contribution in [3.05, 3.63) is 58.6 Å². The van der Waals surface area contributed by atoms with Gasteiger partial charge in [-0.3, -0.25) is 9.69 Å². The Kier molecular flexibility index (Phi) is 4.80. The first kappa shape index (κ1) is 19.8. The molecule has 2 aliphatic heterocycles. The third-order valence-electron chi connectivity index (χ3n) is 5.45. The summed E-state index contributed by atoms with van der Waals surface area (Å²) in [6.45, 7) is 2.08. The van der Waals surface area contributed by atoms with Crippen LogP contribution in [0.25, 0.3) is 10.8 Å². The summed E-state index contributed by atoms with van der Waals surface area (Å²) in [7, 11) is -3.73. The highest BCUT2D eigenvalue weighted by Gasteiger charge is 2.29. The van der Waals surface area contributed by atoms with Crippen LogP contribution in [-0.4, -0.2) is 66.4 Å². The number of H-pyrrole nitrogens is 1. The molecule has 0 unspecified atom stereocenters. The van der Waals surface area contributed by atoms with Gasteiger partial charge in [-0.1, -0.05) is 12.1 Å². The number of benzene rings is 2. The Morgan fingerprint density at radius 3 is 2.61 bits per heavy atom. The molecule has 0 amide bonds. The first-order valence-corrected chi connectivity index (χ1v) is 11.2. The maximum absolute atomic E-state index is 13.5. The van der Waals surface area contributed by atoms with Gasteiger partial charge in [0.1, 0.15) is 11.7 Å². The van der Waals surface area contributed by atoms with E-state index in [1.807, 2.05) is 6.07 Å². The van der Waals surface area contributed by atoms with Crippen LogP contribution >= 0.6 is 0 Å². The summed E-state index contributed by atoms with van der Waals surface area (Å²) in [5.74, 6) is 0.634. The van der Waals surface area contributed by atoms with Crippen molar-refractivity contribution < 1.29 is 12.8 Å². The molecule has 3 heterocycles. The van der Waals surface area contributed by atoms with E-state index in [1.165, 1.54) is 22.5 Å². The summed E-state index contributed by atoms with van der Waals surface area (Å²) < 4.78 is 40.4. The lowest BCUT2D eigenvalue weighted by atomic mass is 10.1. The van der Waals surface area contributed by atoms with Gasteiger partial charge in [0.15, 0.2) is 5.82 Å². The van der Waals surface area contributed by atoms with Crippen molar-refractivity contribution >= 4 is 38.1 Å². The van der Waals surface area contributed by atoms with Crippen molar-refractivity contribution in [2.24, 2.45) is 4.99 Å². The lowest BCUT2D eigenvalue weighted by Crippen LogP contribution is -2.50. The predicted octanol–water partition coefficient (Wildman–Crippen LogP) is 1.52. The van der Waals surface area contributed by atoms with Crippen LogP contribution in [0.15, 0.2) is 57.1 Å². The number of hydrogen-bond acceptors (Lipinski definition) is 7. The van der Waals surface area contributed by atoms with E-state index in [9.17, 15) is 17.6 Å². The zero-order chi connectivity index (χ0) is 21.6. The highest BCUT2D eigenvalue weighted by Crippen LogP contribution is 2.32. The molecule has 2 aromatic carbocycles. The van der Waals surface area contributed by atoms with Crippen LogP contribution in [0.2, 0.25) is 0 Å². The van der Waals surface area contributed by atoms with E-state index in [0.717, 1.165) is 6.07 Å². The fraction of sp³-hybridized carbons (Fsp3) is 0.250. The highest BCUT2D eigenvalue weighted by molar-refractivity contribution is 7.89. The second kappa shape index (κ2) is 7.52. The van der Waals surface area contributed by atoms with Gasteiger partial charge in [-0.2, -0.15) is 9.40 Å². The number of anilines is 1. The standard InChI is InChI=1S/C20H19FN6O3S/c21-13-3-1-4-14(11-13)31(29,30)27-9-7-26(8-10-27)12-17-22-16-6-2-5-15-18(16)19(23-17)24-25-20(15)28/h1-6,11H,7-10,12H2,(H,25,28)(H,22,23,24). The summed E-state index contributed by atoms with van der Waals surface area (Å²) in [5, 5.41) is 11.0. The van der Waals surface area contributed by atoms with E-state index in [2.05, 4.69) is 25.4 Å². The number of rotatable bonds is 4. The number of hydrogen-bond donors (Lipinski definition) is 2. The van der Waals surface area contributed by atoms with Gasteiger partial charge in [-0.15, -0.1) is 0 Å². The summed E-state index contributed by atoms with van der Waals surface area (Å²) >= 11 is 0. The average Bonchev–Trinajstić information content (AvgIpc) is 2.76. The van der Waals surface area contributed by atoms with Crippen molar-refractivity contribution in [1.82, 2.24) is 19.4 Å². The fourth-order valence-electron chi connectivity index (χ4n) is 3.89. The van der Waals surface area contributed by atoms with Gasteiger partial charge in [-0.05, 0) is 30.3 Å². The van der Waals surface area contributed by atoms with Gasteiger partial charge in [0, 0.05) is 26.2 Å². The number of aromatic nitrogens is 2. The predicted molar refractivity (Wildman–Crippen MR) is 115 cm³/mol. The first-order chi connectivity index (χ1) is 14.9. The summed E-state index contributed by atoms with van der Waals surface area (Å²) in [6, 6.07) is 10.4. The van der Waals surface area contributed by atoms with E-state index < -0.39 is 15.8 Å². The summed E-state index contributed by atoms with van der Waals surface area (Å²) in [6.07, 6.45) is 0. The molecule has 9 nitrogen and oxygen atoms in total. The third kappa shape index (κ3) is 3.60. The molecule has 0 bridgehead atoms. The van der Waals surface area contributed by atoms with Crippen molar-refractivity contribution in [1.29, 1.82) is 0 Å². The molecular weight excluding hydrogens is 423 g/mol. The van der Waals surface area contributed by atoms with E-state index in [4.69, 9.17) is 0 Å². The van der Waals surface area contributed by atoms with Gasteiger partial charge in [0.05, 0.1) is 27.9 Å². The molecule has 1 fully saturated rings. The molecule has 160 valence electrons. The fourth-order valence-corrected chi connectivity index (χ4v) is 5.34. The molecule has 2 N–H and O–H groups in total. The maximum atomic E-state index is 13.5. The maximum Gasteiger partial charge on any atom is 0.272 e. The quantitative estimate of drug-likeness (QED) is 0.634. The van der Waals surface area contributed by atoms with Gasteiger partial charge in [0.25, 0.3) is 5.56 Å². The van der Waals surface area contributed by atoms with Crippen LogP contribution in [0.1, 0.15) is 0 Å². The zero-order valence-corrected chi connectivity index (χ0v) is 17.2. The number of aromatic amines is 1. The van der Waals surface area contributed by atoms with Crippen LogP contribution < -0.4 is 10.9 Å². The number of aliphatic imine (C=N–C) groups is 1. The lowest BCUT2D eigenvalue weighted by Gasteiger charge is -2.34. The van der Waals surface area contributed by atoms with Crippen LogP contribution in [0.3, 0.4) is 0 Å². The Balaban J connectivity index is 1.30. The number of nitrogens with zero attached hydrogens (tertiary/aromatic N) is 4. The molecule has 0 aliphatic carbocycles. The second-order valence-electron chi connectivity index (χ2n) is 7.42. The molecule has 1 aromatic heterocycles. The Bertz CT molecular complexity index is 1360. The Labute approximate surface area is 177 Å². The molecule has 0 spiro atoms. The molecule has 5 rings (SSSR count). The molecule has 0 radical (unpaired) electrons. The van der Waals surface area contributed by atoms with Crippen LogP contribution in [-0.2, 0) is 10.0 Å². The van der Waals surface area contributed by atoms with Crippen LogP contribution in [0.5, 0.6) is 0 Å². The summed E-state index contributed by atoms with van der Waals surface area (Å²) in [5.41, 5.74) is 0.406. The number of amidine groups is 1. The average molecular weight is 442 g/mol. The minimum Gasteiger partial charge on any atom is -0.325 e.